The van der Waals surface area contributed by atoms with E-state index in [0.29, 0.717) is 18.7 Å². The zero-order chi connectivity index (χ0) is 11.5. The molecular weight excluding hydrogens is 206 g/mol. The predicted octanol–water partition coefficient (Wildman–Crippen LogP) is -0.00420. The van der Waals surface area contributed by atoms with Crippen LogP contribution in [0.2, 0.25) is 0 Å². The van der Waals surface area contributed by atoms with Crippen LogP contribution >= 0.6 is 0 Å². The van der Waals surface area contributed by atoms with Gasteiger partial charge in [0.05, 0.1) is 0 Å². The lowest BCUT2D eigenvalue weighted by molar-refractivity contribution is -0.133. The molecule has 0 bridgehead atoms. The van der Waals surface area contributed by atoms with Crippen LogP contribution < -0.4 is 0 Å². The minimum Gasteiger partial charge on any atom is -0.342 e. The van der Waals surface area contributed by atoms with Gasteiger partial charge in [0.2, 0.25) is 5.91 Å². The zero-order valence-corrected chi connectivity index (χ0v) is 9.09. The first-order chi connectivity index (χ1) is 7.68. The fraction of sp³-hybridized carbons (Fsp3) is 0.364. The van der Waals surface area contributed by atoms with E-state index in [0.717, 1.165) is 0 Å². The van der Waals surface area contributed by atoms with E-state index in [4.69, 9.17) is 0 Å². The molecule has 2 amide bonds. The summed E-state index contributed by atoms with van der Waals surface area (Å²) in [5, 5.41) is 0. The second kappa shape index (κ2) is 4.30. The minimum absolute atomic E-state index is 0.0198. The molecule has 1 aliphatic heterocycles. The molecule has 1 fully saturated rings. The molecule has 84 valence electrons. The molecule has 0 aliphatic carbocycles. The normalized spacial score (nSPS) is 16.4. The first-order valence-electron chi connectivity index (χ1n) is 5.12. The van der Waals surface area contributed by atoms with Crippen LogP contribution in [0.3, 0.4) is 0 Å². The highest BCUT2D eigenvalue weighted by Crippen LogP contribution is 2.07. The highest BCUT2D eigenvalue weighted by molar-refractivity contribution is 5.96. The number of amides is 2. The average molecular weight is 219 g/mol. The molecular formula is C11H13N3O2. The van der Waals surface area contributed by atoms with Gasteiger partial charge in [-0.3, -0.25) is 14.6 Å². The van der Waals surface area contributed by atoms with Gasteiger partial charge in [-0.05, 0) is 12.1 Å². The topological polar surface area (TPSA) is 53.5 Å². The van der Waals surface area contributed by atoms with E-state index in [1.807, 2.05) is 0 Å². The van der Waals surface area contributed by atoms with E-state index in [1.165, 1.54) is 0 Å². The van der Waals surface area contributed by atoms with Gasteiger partial charge in [0, 0.05) is 38.1 Å². The number of aromatic nitrogens is 1. The van der Waals surface area contributed by atoms with Gasteiger partial charge in [-0.1, -0.05) is 0 Å². The number of hydrogen-bond donors (Lipinski definition) is 0. The standard InChI is InChI=1S/C11H13N3O2/c1-13-6-7-14(8-10(13)15)11(16)9-2-4-12-5-3-9/h2-5H,6-8H2,1H3. The number of piperazine rings is 1. The van der Waals surface area contributed by atoms with Gasteiger partial charge in [-0.15, -0.1) is 0 Å². The van der Waals surface area contributed by atoms with Gasteiger partial charge >= 0.3 is 0 Å². The van der Waals surface area contributed by atoms with Crippen LogP contribution in [0.15, 0.2) is 24.5 Å². The van der Waals surface area contributed by atoms with E-state index in [2.05, 4.69) is 4.98 Å². The molecule has 2 rings (SSSR count). The lowest BCUT2D eigenvalue weighted by atomic mass is 10.2. The molecule has 16 heavy (non-hydrogen) atoms. The molecule has 0 saturated carbocycles. The lowest BCUT2D eigenvalue weighted by Crippen LogP contribution is -2.50. The molecule has 5 heteroatoms. The molecule has 1 saturated heterocycles. The van der Waals surface area contributed by atoms with Gasteiger partial charge < -0.3 is 9.80 Å². The Kier molecular flexibility index (Phi) is 2.85. The molecule has 1 aromatic heterocycles. The average Bonchev–Trinajstić information content (AvgIpc) is 2.33. The maximum atomic E-state index is 12.0. The summed E-state index contributed by atoms with van der Waals surface area (Å²) in [5.41, 5.74) is 0.576. The molecule has 0 aromatic carbocycles. The summed E-state index contributed by atoms with van der Waals surface area (Å²) >= 11 is 0. The Morgan fingerprint density at radius 2 is 2.00 bits per heavy atom. The number of rotatable bonds is 1. The van der Waals surface area contributed by atoms with Gasteiger partial charge in [0.15, 0.2) is 0 Å². The van der Waals surface area contributed by atoms with Crippen molar-refractivity contribution in [3.63, 3.8) is 0 Å². The Labute approximate surface area is 93.7 Å². The Balaban J connectivity index is 2.09. The van der Waals surface area contributed by atoms with E-state index in [1.54, 1.807) is 41.4 Å². The third kappa shape index (κ3) is 2.03. The maximum absolute atomic E-state index is 12.0. The van der Waals surface area contributed by atoms with Crippen molar-refractivity contribution >= 4 is 11.8 Å². The number of nitrogens with zero attached hydrogens (tertiary/aromatic N) is 3. The highest BCUT2D eigenvalue weighted by atomic mass is 16.2. The molecule has 5 nitrogen and oxygen atoms in total. The molecule has 1 aliphatic rings. The van der Waals surface area contributed by atoms with E-state index < -0.39 is 0 Å². The van der Waals surface area contributed by atoms with E-state index >= 15 is 0 Å². The third-order valence-electron chi connectivity index (χ3n) is 2.67. The molecule has 0 atom stereocenters. The molecule has 0 unspecified atom stereocenters. The largest absolute Gasteiger partial charge is 0.342 e. The van der Waals surface area contributed by atoms with Crippen molar-refractivity contribution in [2.24, 2.45) is 0 Å². The molecule has 0 N–H and O–H groups in total. The predicted molar refractivity (Wildman–Crippen MR) is 57.8 cm³/mol. The van der Waals surface area contributed by atoms with Crippen molar-refractivity contribution in [1.82, 2.24) is 14.8 Å². The quantitative estimate of drug-likeness (QED) is 0.668. The SMILES string of the molecule is CN1CCN(C(=O)c2ccncc2)CC1=O. The van der Waals surface area contributed by atoms with Gasteiger partial charge in [0.1, 0.15) is 6.54 Å². The number of likely N-dealkylation sites (N-methyl/N-ethyl adjacent to an activating group) is 1. The summed E-state index contributed by atoms with van der Waals surface area (Å²) in [6.07, 6.45) is 3.15. The van der Waals surface area contributed by atoms with Crippen LogP contribution in [-0.4, -0.2) is 53.3 Å². The number of carbonyl (C=O) groups excluding carboxylic acids is 2. The third-order valence-corrected chi connectivity index (χ3v) is 2.67. The number of hydrogen-bond acceptors (Lipinski definition) is 3. The van der Waals surface area contributed by atoms with Crippen molar-refractivity contribution in [3.05, 3.63) is 30.1 Å². The van der Waals surface area contributed by atoms with Crippen LogP contribution in [0.1, 0.15) is 10.4 Å². The Morgan fingerprint density at radius 1 is 1.31 bits per heavy atom. The molecule has 2 heterocycles. The fourth-order valence-corrected chi connectivity index (χ4v) is 1.61. The summed E-state index contributed by atoms with van der Waals surface area (Å²) < 4.78 is 0. The smallest absolute Gasteiger partial charge is 0.254 e. The summed E-state index contributed by atoms with van der Waals surface area (Å²) in [5.74, 6) is -0.127. The van der Waals surface area contributed by atoms with Crippen LogP contribution in [0.4, 0.5) is 0 Å². The molecule has 0 spiro atoms. The van der Waals surface area contributed by atoms with Crippen molar-refractivity contribution < 1.29 is 9.59 Å². The van der Waals surface area contributed by atoms with Crippen molar-refractivity contribution in [1.29, 1.82) is 0 Å². The first kappa shape index (κ1) is 10.6. The summed E-state index contributed by atoms with van der Waals surface area (Å²) in [4.78, 5) is 30.5. The summed E-state index contributed by atoms with van der Waals surface area (Å²) in [7, 11) is 1.75. The first-order valence-corrected chi connectivity index (χ1v) is 5.12. The van der Waals surface area contributed by atoms with Crippen LogP contribution in [0.25, 0.3) is 0 Å². The maximum Gasteiger partial charge on any atom is 0.254 e. The van der Waals surface area contributed by atoms with Crippen molar-refractivity contribution in [3.8, 4) is 0 Å². The van der Waals surface area contributed by atoms with Crippen LogP contribution in [0, 0.1) is 0 Å². The van der Waals surface area contributed by atoms with Crippen LogP contribution in [-0.2, 0) is 4.79 Å². The second-order valence-electron chi connectivity index (χ2n) is 3.78. The van der Waals surface area contributed by atoms with E-state index in [-0.39, 0.29) is 18.4 Å². The Bertz CT molecular complexity index is 405. The summed E-state index contributed by atoms with van der Waals surface area (Å²) in [6, 6.07) is 3.32. The van der Waals surface area contributed by atoms with Gasteiger partial charge in [0.25, 0.3) is 5.91 Å². The monoisotopic (exact) mass is 219 g/mol. The zero-order valence-electron chi connectivity index (χ0n) is 9.09. The fourth-order valence-electron chi connectivity index (χ4n) is 1.61. The van der Waals surface area contributed by atoms with Gasteiger partial charge in [-0.2, -0.15) is 0 Å². The Hall–Kier alpha value is -1.91. The van der Waals surface area contributed by atoms with Crippen molar-refractivity contribution in [2.75, 3.05) is 26.7 Å². The van der Waals surface area contributed by atoms with Crippen LogP contribution in [0.5, 0.6) is 0 Å². The summed E-state index contributed by atoms with van der Waals surface area (Å²) in [6.45, 7) is 1.34. The minimum atomic E-state index is -0.108. The van der Waals surface area contributed by atoms with Gasteiger partial charge in [-0.25, -0.2) is 0 Å². The lowest BCUT2D eigenvalue weighted by Gasteiger charge is -2.31. The number of pyridine rings is 1. The Morgan fingerprint density at radius 3 is 2.62 bits per heavy atom. The molecule has 1 aromatic rings. The van der Waals surface area contributed by atoms with E-state index in [9.17, 15) is 9.59 Å². The number of carbonyl (C=O) groups is 2. The van der Waals surface area contributed by atoms with Crippen molar-refractivity contribution in [2.45, 2.75) is 0 Å². The molecule has 0 radical (unpaired) electrons. The highest BCUT2D eigenvalue weighted by Gasteiger charge is 2.25. The second-order valence-corrected chi connectivity index (χ2v) is 3.78.